The van der Waals surface area contributed by atoms with Gasteiger partial charge in [-0.15, -0.1) is 11.3 Å². The van der Waals surface area contributed by atoms with Crippen molar-refractivity contribution in [2.75, 3.05) is 43.5 Å². The number of hydrogen-bond donors (Lipinski definition) is 2. The number of guanidine groups is 1. The van der Waals surface area contributed by atoms with Gasteiger partial charge in [0.2, 0.25) is 0 Å². The molecule has 5 nitrogen and oxygen atoms in total. The first-order chi connectivity index (χ1) is 13.2. The highest BCUT2D eigenvalue weighted by Crippen LogP contribution is 2.24. The second-order valence-electron chi connectivity index (χ2n) is 7.11. The summed E-state index contributed by atoms with van der Waals surface area (Å²) in [4.78, 5) is 9.19. The molecular weight excluding hydrogens is 354 g/mol. The number of benzene rings is 1. The Morgan fingerprint density at radius 1 is 1.22 bits per heavy atom. The third-order valence-electron chi connectivity index (χ3n) is 5.27. The van der Waals surface area contributed by atoms with Crippen LogP contribution in [0.15, 0.2) is 52.8 Å². The Labute approximate surface area is 167 Å². The van der Waals surface area contributed by atoms with Gasteiger partial charge in [-0.2, -0.15) is 0 Å². The van der Waals surface area contributed by atoms with Crippen molar-refractivity contribution < 1.29 is 0 Å². The van der Waals surface area contributed by atoms with Gasteiger partial charge in [0, 0.05) is 51.5 Å². The van der Waals surface area contributed by atoms with Gasteiger partial charge >= 0.3 is 0 Å². The molecule has 1 unspecified atom stereocenters. The van der Waals surface area contributed by atoms with E-state index >= 15 is 0 Å². The number of para-hydroxylation sites is 1. The fraction of sp³-hybridized carbons (Fsp3) is 0.476. The molecule has 0 amide bonds. The van der Waals surface area contributed by atoms with Gasteiger partial charge in [0.25, 0.3) is 0 Å². The lowest BCUT2D eigenvalue weighted by atomic mass is 10.1. The molecule has 1 aliphatic heterocycles. The van der Waals surface area contributed by atoms with Crippen LogP contribution in [0.1, 0.15) is 19.8 Å². The summed E-state index contributed by atoms with van der Waals surface area (Å²) >= 11 is 1.83. The third kappa shape index (κ3) is 5.39. The van der Waals surface area contributed by atoms with Gasteiger partial charge in [0.05, 0.1) is 5.00 Å². The number of likely N-dealkylation sites (N-methyl/N-ethyl adjacent to an activating group) is 1. The van der Waals surface area contributed by atoms with Gasteiger partial charge in [0.15, 0.2) is 5.96 Å². The Morgan fingerprint density at radius 2 is 1.96 bits per heavy atom. The SMILES string of the molecule is CN=C(NCC(C)N(C)c1ccccc1)NC1CCN(c2cccs2)CC1. The number of piperidine rings is 1. The molecule has 1 aromatic carbocycles. The first-order valence-electron chi connectivity index (χ1n) is 9.71. The second-order valence-corrected chi connectivity index (χ2v) is 8.03. The molecular formula is C21H31N5S. The van der Waals surface area contributed by atoms with E-state index in [1.165, 1.54) is 10.7 Å². The molecule has 0 radical (unpaired) electrons. The molecule has 2 N–H and O–H groups in total. The first kappa shape index (κ1) is 19.5. The fourth-order valence-corrected chi connectivity index (χ4v) is 4.17. The van der Waals surface area contributed by atoms with Gasteiger partial charge in [-0.3, -0.25) is 4.99 Å². The van der Waals surface area contributed by atoms with E-state index in [9.17, 15) is 0 Å². The van der Waals surface area contributed by atoms with E-state index in [0.717, 1.165) is 38.4 Å². The molecule has 0 saturated carbocycles. The van der Waals surface area contributed by atoms with E-state index < -0.39 is 0 Å². The average Bonchev–Trinajstić information content (AvgIpc) is 3.26. The molecule has 0 aliphatic carbocycles. The summed E-state index contributed by atoms with van der Waals surface area (Å²) in [6, 6.07) is 15.7. The van der Waals surface area contributed by atoms with E-state index in [2.05, 4.69) is 87.2 Å². The number of rotatable bonds is 6. The molecule has 1 aromatic heterocycles. The normalized spacial score (nSPS) is 16.9. The van der Waals surface area contributed by atoms with Crippen molar-refractivity contribution in [1.82, 2.24) is 10.6 Å². The van der Waals surface area contributed by atoms with Crippen LogP contribution < -0.4 is 20.4 Å². The molecule has 0 spiro atoms. The molecule has 1 saturated heterocycles. The van der Waals surface area contributed by atoms with Gasteiger partial charge in [-0.25, -0.2) is 0 Å². The van der Waals surface area contributed by atoms with Crippen LogP contribution in [0.25, 0.3) is 0 Å². The second kappa shape index (κ2) is 9.65. The van der Waals surface area contributed by atoms with Crippen molar-refractivity contribution in [3.63, 3.8) is 0 Å². The smallest absolute Gasteiger partial charge is 0.191 e. The van der Waals surface area contributed by atoms with Crippen LogP contribution in [0.5, 0.6) is 0 Å². The van der Waals surface area contributed by atoms with E-state index in [0.29, 0.717) is 12.1 Å². The summed E-state index contributed by atoms with van der Waals surface area (Å²) in [6.45, 7) is 5.27. The van der Waals surface area contributed by atoms with Crippen molar-refractivity contribution in [2.45, 2.75) is 31.8 Å². The summed E-state index contributed by atoms with van der Waals surface area (Å²) in [7, 11) is 3.99. The minimum absolute atomic E-state index is 0.367. The van der Waals surface area contributed by atoms with Crippen molar-refractivity contribution in [3.8, 4) is 0 Å². The van der Waals surface area contributed by atoms with Crippen molar-refractivity contribution in [1.29, 1.82) is 0 Å². The minimum atomic E-state index is 0.367. The molecule has 27 heavy (non-hydrogen) atoms. The summed E-state index contributed by atoms with van der Waals surface area (Å²) in [5, 5.41) is 10.6. The Kier molecular flexibility index (Phi) is 6.98. The highest BCUT2D eigenvalue weighted by Gasteiger charge is 2.21. The number of anilines is 2. The van der Waals surface area contributed by atoms with Crippen molar-refractivity contribution >= 4 is 28.0 Å². The lowest BCUT2D eigenvalue weighted by Crippen LogP contribution is -2.51. The van der Waals surface area contributed by atoms with E-state index in [-0.39, 0.29) is 0 Å². The topological polar surface area (TPSA) is 42.9 Å². The molecule has 2 heterocycles. The summed E-state index contributed by atoms with van der Waals surface area (Å²) in [6.07, 6.45) is 2.27. The first-order valence-corrected chi connectivity index (χ1v) is 10.6. The molecule has 1 fully saturated rings. The predicted octanol–water partition coefficient (Wildman–Crippen LogP) is 3.41. The fourth-order valence-electron chi connectivity index (χ4n) is 3.38. The van der Waals surface area contributed by atoms with Crippen LogP contribution in [0, 0.1) is 0 Å². The number of hydrogen-bond acceptors (Lipinski definition) is 4. The lowest BCUT2D eigenvalue weighted by Gasteiger charge is -2.34. The number of thiophene rings is 1. The van der Waals surface area contributed by atoms with Gasteiger partial charge in [0.1, 0.15) is 0 Å². The van der Waals surface area contributed by atoms with Crippen LogP contribution in [0.3, 0.4) is 0 Å². The number of nitrogens with one attached hydrogen (secondary N) is 2. The highest BCUT2D eigenvalue weighted by atomic mass is 32.1. The van der Waals surface area contributed by atoms with E-state index in [1.54, 1.807) is 0 Å². The Balaban J connectivity index is 1.43. The largest absolute Gasteiger partial charge is 0.370 e. The molecule has 1 aliphatic rings. The molecule has 146 valence electrons. The Hall–Kier alpha value is -2.21. The quantitative estimate of drug-likeness (QED) is 0.591. The van der Waals surface area contributed by atoms with Crippen LogP contribution in [-0.4, -0.2) is 51.8 Å². The average molecular weight is 386 g/mol. The summed E-state index contributed by atoms with van der Waals surface area (Å²) < 4.78 is 0. The third-order valence-corrected chi connectivity index (χ3v) is 6.20. The van der Waals surface area contributed by atoms with Crippen molar-refractivity contribution in [2.24, 2.45) is 4.99 Å². The molecule has 2 aromatic rings. The Bertz CT molecular complexity index is 693. The predicted molar refractivity (Wildman–Crippen MR) is 118 cm³/mol. The van der Waals surface area contributed by atoms with E-state index in [4.69, 9.17) is 0 Å². The number of nitrogens with zero attached hydrogens (tertiary/aromatic N) is 3. The molecule has 3 rings (SSSR count). The molecule has 1 atom stereocenters. The van der Waals surface area contributed by atoms with Gasteiger partial charge in [-0.1, -0.05) is 18.2 Å². The van der Waals surface area contributed by atoms with Crippen molar-refractivity contribution in [3.05, 3.63) is 47.8 Å². The zero-order valence-corrected chi connectivity index (χ0v) is 17.4. The van der Waals surface area contributed by atoms with E-state index in [1.807, 2.05) is 18.4 Å². The maximum atomic E-state index is 4.42. The number of aliphatic imine (C=N–C) groups is 1. The van der Waals surface area contributed by atoms with Crippen LogP contribution in [-0.2, 0) is 0 Å². The monoisotopic (exact) mass is 385 g/mol. The zero-order valence-electron chi connectivity index (χ0n) is 16.6. The molecule has 0 bridgehead atoms. The Morgan fingerprint density at radius 3 is 2.59 bits per heavy atom. The van der Waals surface area contributed by atoms with Gasteiger partial charge in [-0.05, 0) is 49.4 Å². The zero-order chi connectivity index (χ0) is 19.1. The van der Waals surface area contributed by atoms with Crippen LogP contribution in [0.4, 0.5) is 10.7 Å². The standard InChI is InChI=1S/C21H31N5S/c1-17(25(3)19-8-5-4-6-9-19)16-23-21(22-2)24-18-11-13-26(14-12-18)20-10-7-15-27-20/h4-10,15,17-18H,11-14,16H2,1-3H3,(H2,22,23,24). The minimum Gasteiger partial charge on any atom is -0.370 e. The lowest BCUT2D eigenvalue weighted by molar-refractivity contribution is 0.462. The summed E-state index contributed by atoms with van der Waals surface area (Å²) in [5.74, 6) is 0.901. The van der Waals surface area contributed by atoms with Gasteiger partial charge < -0.3 is 20.4 Å². The highest BCUT2D eigenvalue weighted by molar-refractivity contribution is 7.14. The maximum absolute atomic E-state index is 4.42. The molecule has 6 heteroatoms. The van der Waals surface area contributed by atoms with Crippen LogP contribution >= 0.6 is 11.3 Å². The summed E-state index contributed by atoms with van der Waals surface area (Å²) in [5.41, 5.74) is 1.23. The maximum Gasteiger partial charge on any atom is 0.191 e. The van der Waals surface area contributed by atoms with Crippen LogP contribution in [0.2, 0.25) is 0 Å².